The second-order valence-electron chi connectivity index (χ2n) is 3.32. The van der Waals surface area contributed by atoms with Crippen molar-refractivity contribution in [2.24, 2.45) is 5.73 Å². The summed E-state index contributed by atoms with van der Waals surface area (Å²) in [6, 6.07) is 0. The molecule has 1 aliphatic heterocycles. The van der Waals surface area contributed by atoms with Crippen molar-refractivity contribution >= 4 is 12.1 Å². The van der Waals surface area contributed by atoms with Crippen molar-refractivity contribution in [1.82, 2.24) is 0 Å². The second kappa shape index (κ2) is 15.5. The highest BCUT2D eigenvalue weighted by Gasteiger charge is 2.23. The number of ether oxygens (including phenoxy) is 4. The number of carbonyl (C=O) groups is 2. The van der Waals surface area contributed by atoms with Gasteiger partial charge in [0.15, 0.2) is 0 Å². The summed E-state index contributed by atoms with van der Waals surface area (Å²) in [6.45, 7) is 12.0. The highest BCUT2D eigenvalue weighted by molar-refractivity contribution is 5.81. The molecule has 0 saturated carbocycles. The zero-order chi connectivity index (χ0) is 15.8. The van der Waals surface area contributed by atoms with Crippen molar-refractivity contribution in [2.75, 3.05) is 33.0 Å². The summed E-state index contributed by atoms with van der Waals surface area (Å²) >= 11 is 0. The number of hydrogen-bond acceptors (Lipinski definition) is 6. The lowest BCUT2D eigenvalue weighted by Gasteiger charge is -1.94. The van der Waals surface area contributed by atoms with Gasteiger partial charge in [-0.15, -0.1) is 0 Å². The molecule has 1 unspecified atom stereocenters. The van der Waals surface area contributed by atoms with E-state index < -0.39 is 6.09 Å². The molecular formula is C13H25NO6. The fraction of sp³-hybridized carbons (Fsp3) is 0.692. The van der Waals surface area contributed by atoms with Gasteiger partial charge >= 0.3 is 12.1 Å². The number of nitrogens with two attached hydrogens (primary N) is 1. The number of primary amides is 1. The quantitative estimate of drug-likeness (QED) is 0.449. The van der Waals surface area contributed by atoms with Crippen molar-refractivity contribution in [2.45, 2.75) is 26.9 Å². The van der Waals surface area contributed by atoms with E-state index in [9.17, 15) is 9.59 Å². The predicted octanol–water partition coefficient (Wildman–Crippen LogP) is 1.26. The topological polar surface area (TPSA) is 100 Å². The monoisotopic (exact) mass is 291 g/mol. The number of epoxide rings is 1. The number of esters is 1. The molecule has 1 atom stereocenters. The number of carbonyl (C=O) groups excluding carboxylic acids is 2. The van der Waals surface area contributed by atoms with E-state index in [0.717, 1.165) is 19.3 Å². The Bertz CT molecular complexity index is 264. The van der Waals surface area contributed by atoms with E-state index in [4.69, 9.17) is 9.47 Å². The lowest BCUT2D eigenvalue weighted by atomic mass is 10.5. The zero-order valence-corrected chi connectivity index (χ0v) is 12.4. The second-order valence-corrected chi connectivity index (χ2v) is 3.32. The molecule has 1 saturated heterocycles. The Morgan fingerprint density at radius 2 is 1.80 bits per heavy atom. The van der Waals surface area contributed by atoms with E-state index in [2.05, 4.69) is 21.8 Å². The van der Waals surface area contributed by atoms with Crippen molar-refractivity contribution in [1.29, 1.82) is 0 Å². The number of amides is 1. The van der Waals surface area contributed by atoms with Gasteiger partial charge in [-0.25, -0.2) is 9.59 Å². The molecule has 0 bridgehead atoms. The summed E-state index contributed by atoms with van der Waals surface area (Å²) in [5, 5.41) is 0. The summed E-state index contributed by atoms with van der Waals surface area (Å²) < 4.78 is 18.4. The van der Waals surface area contributed by atoms with Crippen LogP contribution in [0.2, 0.25) is 0 Å². The van der Waals surface area contributed by atoms with Gasteiger partial charge in [0.2, 0.25) is 0 Å². The molecule has 7 heteroatoms. The maximum Gasteiger partial charge on any atom is 0.404 e. The SMILES string of the molecule is C=CC(=O)OCC1CO1.CCOC(N)=O.CCOCC. The van der Waals surface area contributed by atoms with Crippen LogP contribution in [0.15, 0.2) is 12.7 Å². The third-order valence-corrected chi connectivity index (χ3v) is 1.68. The Morgan fingerprint density at radius 3 is 2.00 bits per heavy atom. The molecule has 118 valence electrons. The number of rotatable bonds is 6. The van der Waals surface area contributed by atoms with Crippen molar-refractivity contribution in [3.63, 3.8) is 0 Å². The Morgan fingerprint density at radius 1 is 1.25 bits per heavy atom. The normalized spacial score (nSPS) is 14.7. The molecule has 0 aromatic rings. The maximum atomic E-state index is 10.3. The number of hydrogen-bond donors (Lipinski definition) is 1. The van der Waals surface area contributed by atoms with E-state index in [1.54, 1.807) is 6.92 Å². The molecule has 1 rings (SSSR count). The molecule has 2 N–H and O–H groups in total. The molecule has 0 aromatic heterocycles. The maximum absolute atomic E-state index is 10.3. The smallest absolute Gasteiger partial charge is 0.404 e. The largest absolute Gasteiger partial charge is 0.460 e. The first-order valence-electron chi connectivity index (χ1n) is 6.42. The van der Waals surface area contributed by atoms with Gasteiger partial charge in [0.25, 0.3) is 0 Å². The van der Waals surface area contributed by atoms with Gasteiger partial charge in [-0.05, 0) is 20.8 Å². The first kappa shape index (κ1) is 20.7. The molecule has 0 aromatic carbocycles. The van der Waals surface area contributed by atoms with Crippen molar-refractivity contribution in [3.8, 4) is 0 Å². The van der Waals surface area contributed by atoms with Crippen LogP contribution in [0.4, 0.5) is 4.79 Å². The van der Waals surface area contributed by atoms with Crippen molar-refractivity contribution in [3.05, 3.63) is 12.7 Å². The lowest BCUT2D eigenvalue weighted by Crippen LogP contribution is -2.11. The highest BCUT2D eigenvalue weighted by Crippen LogP contribution is 2.08. The van der Waals surface area contributed by atoms with Crippen molar-refractivity contribution < 1.29 is 28.5 Å². The highest BCUT2D eigenvalue weighted by atomic mass is 16.6. The van der Waals surface area contributed by atoms with Gasteiger partial charge in [0.1, 0.15) is 12.7 Å². The summed E-state index contributed by atoms with van der Waals surface area (Å²) in [5.41, 5.74) is 4.54. The molecule has 1 aliphatic rings. The third-order valence-electron chi connectivity index (χ3n) is 1.68. The third kappa shape index (κ3) is 21.7. The van der Waals surface area contributed by atoms with Crippen LogP contribution >= 0.6 is 0 Å². The van der Waals surface area contributed by atoms with E-state index >= 15 is 0 Å². The molecule has 1 fully saturated rings. The zero-order valence-electron chi connectivity index (χ0n) is 12.4. The minimum atomic E-state index is -0.711. The average molecular weight is 291 g/mol. The van der Waals surface area contributed by atoms with Gasteiger partial charge in [-0.3, -0.25) is 0 Å². The van der Waals surface area contributed by atoms with Crippen LogP contribution < -0.4 is 5.73 Å². The fourth-order valence-corrected chi connectivity index (χ4v) is 0.745. The molecule has 20 heavy (non-hydrogen) atoms. The van der Waals surface area contributed by atoms with E-state index in [-0.39, 0.29) is 12.1 Å². The lowest BCUT2D eigenvalue weighted by molar-refractivity contribution is -0.138. The Balaban J connectivity index is 0. The average Bonchev–Trinajstić information content (AvgIpc) is 3.22. The molecule has 7 nitrogen and oxygen atoms in total. The van der Waals surface area contributed by atoms with Crippen LogP contribution in [-0.2, 0) is 23.7 Å². The molecule has 0 aliphatic carbocycles. The Kier molecular flexibility index (Phi) is 16.0. The summed E-state index contributed by atoms with van der Waals surface area (Å²) in [6.07, 6.45) is 0.578. The van der Waals surface area contributed by atoms with Gasteiger partial charge in [-0.1, -0.05) is 6.58 Å². The fourth-order valence-electron chi connectivity index (χ4n) is 0.745. The summed E-state index contributed by atoms with van der Waals surface area (Å²) in [7, 11) is 0. The summed E-state index contributed by atoms with van der Waals surface area (Å²) in [5.74, 6) is -0.384. The van der Waals surface area contributed by atoms with Crippen LogP contribution in [0, 0.1) is 0 Å². The molecule has 0 radical (unpaired) electrons. The van der Waals surface area contributed by atoms with Gasteiger partial charge in [0, 0.05) is 19.3 Å². The minimum Gasteiger partial charge on any atom is -0.460 e. The van der Waals surface area contributed by atoms with Crippen LogP contribution in [0.3, 0.4) is 0 Å². The van der Waals surface area contributed by atoms with Crippen LogP contribution in [0.25, 0.3) is 0 Å². The molecule has 0 spiro atoms. The van der Waals surface area contributed by atoms with E-state index in [0.29, 0.717) is 19.8 Å². The van der Waals surface area contributed by atoms with Gasteiger partial charge in [0.05, 0.1) is 13.2 Å². The first-order chi connectivity index (χ1) is 9.51. The minimum absolute atomic E-state index is 0.147. The van der Waals surface area contributed by atoms with Crippen LogP contribution in [0.1, 0.15) is 20.8 Å². The van der Waals surface area contributed by atoms with E-state index in [1.807, 2.05) is 13.8 Å². The molecular weight excluding hydrogens is 266 g/mol. The summed E-state index contributed by atoms with van der Waals surface area (Å²) in [4.78, 5) is 19.9. The molecule has 1 heterocycles. The van der Waals surface area contributed by atoms with E-state index in [1.165, 1.54) is 0 Å². The molecule has 1 amide bonds. The van der Waals surface area contributed by atoms with Crippen LogP contribution in [-0.4, -0.2) is 51.2 Å². The Labute approximate surface area is 120 Å². The predicted molar refractivity (Wildman–Crippen MR) is 74.3 cm³/mol. The standard InChI is InChI=1S/C6H8O3.C4H10O.C3H7NO2/c1-2-6(7)9-4-5-3-8-5;1-3-5-4-2;1-2-6-3(4)5/h2,5H,1,3-4H2;3-4H2,1-2H3;2H2,1H3,(H2,4,5). The van der Waals surface area contributed by atoms with Crippen LogP contribution in [0.5, 0.6) is 0 Å². The first-order valence-corrected chi connectivity index (χ1v) is 6.42. The van der Waals surface area contributed by atoms with Gasteiger partial charge < -0.3 is 24.7 Å². The van der Waals surface area contributed by atoms with Gasteiger partial charge in [-0.2, -0.15) is 0 Å². The Hall–Kier alpha value is -1.60.